The number of hydrogen-bond acceptors (Lipinski definition) is 8. The normalized spacial score (nSPS) is 17.1. The number of rotatable bonds is 8. The molecule has 1 fully saturated rings. The number of nitriles is 1. The van der Waals surface area contributed by atoms with Gasteiger partial charge in [-0.15, -0.1) is 0 Å². The van der Waals surface area contributed by atoms with Gasteiger partial charge >= 0.3 is 0 Å². The number of ether oxygens (including phenoxy) is 1. The fourth-order valence-corrected chi connectivity index (χ4v) is 4.14. The largest absolute Gasteiger partial charge is 0.457 e. The average molecular weight is 470 g/mol. The van der Waals surface area contributed by atoms with Gasteiger partial charge in [0.1, 0.15) is 35.9 Å². The molecule has 35 heavy (non-hydrogen) atoms. The van der Waals surface area contributed by atoms with Crippen molar-refractivity contribution in [3.8, 4) is 17.6 Å². The predicted molar refractivity (Wildman–Crippen MR) is 133 cm³/mol. The molecule has 0 saturated heterocycles. The van der Waals surface area contributed by atoms with Crippen LogP contribution in [0.2, 0.25) is 0 Å². The first-order valence-electron chi connectivity index (χ1n) is 11.5. The van der Waals surface area contributed by atoms with E-state index in [4.69, 9.17) is 21.1 Å². The van der Waals surface area contributed by atoms with Crippen LogP contribution in [0.1, 0.15) is 43.2 Å². The van der Waals surface area contributed by atoms with Crippen LogP contribution in [0.15, 0.2) is 60.9 Å². The fourth-order valence-electron chi connectivity index (χ4n) is 4.14. The molecular weight excluding hydrogens is 442 g/mol. The molecule has 1 aromatic heterocycles. The Labute approximate surface area is 203 Å². The maximum Gasteiger partial charge on any atom is 0.234 e. The molecule has 9 nitrogen and oxygen atoms in total. The second kappa shape index (κ2) is 11.1. The van der Waals surface area contributed by atoms with Crippen LogP contribution in [0.25, 0.3) is 0 Å². The maximum absolute atomic E-state index is 11.7. The maximum atomic E-state index is 11.7. The molecule has 5 N–H and O–H groups in total. The van der Waals surface area contributed by atoms with Crippen molar-refractivity contribution in [2.75, 3.05) is 11.1 Å². The molecule has 4 rings (SSSR count). The van der Waals surface area contributed by atoms with Crippen molar-refractivity contribution in [3.63, 3.8) is 0 Å². The molecule has 1 aliphatic rings. The molecule has 0 atom stereocenters. The molecule has 9 heteroatoms. The van der Waals surface area contributed by atoms with Gasteiger partial charge in [-0.05, 0) is 62.1 Å². The van der Waals surface area contributed by atoms with E-state index in [1.807, 2.05) is 60.7 Å². The van der Waals surface area contributed by atoms with E-state index in [2.05, 4.69) is 20.6 Å². The number of aromatic nitrogens is 2. The molecule has 1 amide bonds. The van der Waals surface area contributed by atoms with Crippen molar-refractivity contribution in [2.45, 2.75) is 44.2 Å². The molecule has 0 radical (unpaired) electrons. The third-order valence-electron chi connectivity index (χ3n) is 5.92. The SMILES string of the molecule is N#CCC(=O)NC1CCC(Nc2ncnc(N)c2C(=N)c2ccc(Oc3ccccc3)cc2)CC1. The minimum atomic E-state index is -0.233. The Kier molecular flexibility index (Phi) is 7.53. The van der Waals surface area contributed by atoms with Crippen LogP contribution >= 0.6 is 0 Å². The zero-order chi connectivity index (χ0) is 24.6. The molecule has 0 bridgehead atoms. The first-order chi connectivity index (χ1) is 17.0. The van der Waals surface area contributed by atoms with E-state index in [0.29, 0.717) is 22.7 Å². The summed E-state index contributed by atoms with van der Waals surface area (Å²) in [4.78, 5) is 20.2. The number of nitrogens with two attached hydrogens (primary N) is 1. The number of nitrogens with one attached hydrogen (secondary N) is 3. The van der Waals surface area contributed by atoms with Crippen LogP contribution in [-0.2, 0) is 4.79 Å². The van der Waals surface area contributed by atoms with E-state index >= 15 is 0 Å². The van der Waals surface area contributed by atoms with Gasteiger partial charge in [0, 0.05) is 17.6 Å². The lowest BCUT2D eigenvalue weighted by molar-refractivity contribution is -0.121. The molecule has 0 spiro atoms. The number of hydrogen-bond donors (Lipinski definition) is 4. The summed E-state index contributed by atoms with van der Waals surface area (Å²) in [6.45, 7) is 0. The van der Waals surface area contributed by atoms with Gasteiger partial charge in [-0.25, -0.2) is 9.97 Å². The molecule has 2 aromatic carbocycles. The zero-order valence-electron chi connectivity index (χ0n) is 19.2. The average Bonchev–Trinajstić information content (AvgIpc) is 2.86. The second-order valence-corrected chi connectivity index (χ2v) is 8.39. The lowest BCUT2D eigenvalue weighted by Gasteiger charge is -2.30. The highest BCUT2D eigenvalue weighted by Gasteiger charge is 2.24. The van der Waals surface area contributed by atoms with Gasteiger partial charge in [0.15, 0.2) is 0 Å². The summed E-state index contributed by atoms with van der Waals surface area (Å²) in [5.41, 5.74) is 7.51. The quantitative estimate of drug-likeness (QED) is 0.364. The first-order valence-corrected chi connectivity index (χ1v) is 11.5. The van der Waals surface area contributed by atoms with E-state index in [0.717, 1.165) is 31.4 Å². The van der Waals surface area contributed by atoms with Gasteiger partial charge in [-0.2, -0.15) is 5.26 Å². The van der Waals surface area contributed by atoms with E-state index in [9.17, 15) is 4.79 Å². The smallest absolute Gasteiger partial charge is 0.234 e. The number of benzene rings is 2. The standard InChI is InChI=1S/C26H27N7O2/c27-15-14-22(34)32-18-8-10-19(11-9-18)33-26-23(25(29)30-16-31-26)24(28)17-6-12-21(13-7-17)35-20-4-2-1-3-5-20/h1-7,12-13,16,18-19,28H,8-11,14H2,(H,32,34)(H3,29,30,31,33). The van der Waals surface area contributed by atoms with E-state index < -0.39 is 0 Å². The van der Waals surface area contributed by atoms with Crippen LogP contribution in [-0.4, -0.2) is 33.7 Å². The first kappa shape index (κ1) is 23.7. The molecule has 178 valence electrons. The van der Waals surface area contributed by atoms with Crippen molar-refractivity contribution in [2.24, 2.45) is 0 Å². The van der Waals surface area contributed by atoms with Crippen LogP contribution in [0.4, 0.5) is 11.6 Å². The van der Waals surface area contributed by atoms with Crippen molar-refractivity contribution >= 4 is 23.3 Å². The summed E-state index contributed by atoms with van der Waals surface area (Å²) < 4.78 is 5.84. The molecule has 1 aliphatic carbocycles. The Hall–Kier alpha value is -4.45. The number of nitrogen functional groups attached to an aromatic ring is 1. The number of amides is 1. The van der Waals surface area contributed by atoms with Crippen molar-refractivity contribution in [3.05, 3.63) is 72.1 Å². The summed E-state index contributed by atoms with van der Waals surface area (Å²) in [5, 5.41) is 23.8. The van der Waals surface area contributed by atoms with Crippen LogP contribution in [0, 0.1) is 16.7 Å². The minimum absolute atomic E-state index is 0.0683. The van der Waals surface area contributed by atoms with Crippen molar-refractivity contribution in [1.82, 2.24) is 15.3 Å². The van der Waals surface area contributed by atoms with E-state index in [1.54, 1.807) is 0 Å². The summed E-state index contributed by atoms with van der Waals surface area (Å²) in [6, 6.07) is 18.8. The number of nitrogens with zero attached hydrogens (tertiary/aromatic N) is 3. The fraction of sp³-hybridized carbons (Fsp3) is 0.269. The van der Waals surface area contributed by atoms with Gasteiger partial charge in [0.05, 0.1) is 17.3 Å². The number of para-hydroxylation sites is 1. The topological polar surface area (TPSA) is 150 Å². The second-order valence-electron chi connectivity index (χ2n) is 8.39. The lowest BCUT2D eigenvalue weighted by Crippen LogP contribution is -2.40. The van der Waals surface area contributed by atoms with Crippen LogP contribution in [0.5, 0.6) is 11.5 Å². The van der Waals surface area contributed by atoms with Gasteiger partial charge in [-0.1, -0.05) is 18.2 Å². The Balaban J connectivity index is 1.42. The monoisotopic (exact) mass is 469 g/mol. The van der Waals surface area contributed by atoms with Crippen LogP contribution in [0.3, 0.4) is 0 Å². The van der Waals surface area contributed by atoms with Gasteiger partial charge in [0.2, 0.25) is 5.91 Å². The third-order valence-corrected chi connectivity index (χ3v) is 5.92. The Morgan fingerprint density at radius 2 is 1.69 bits per heavy atom. The zero-order valence-corrected chi connectivity index (χ0v) is 19.2. The summed E-state index contributed by atoms with van der Waals surface area (Å²) in [7, 11) is 0. The number of anilines is 2. The highest BCUT2D eigenvalue weighted by molar-refractivity contribution is 6.16. The third kappa shape index (κ3) is 6.12. The molecule has 1 saturated carbocycles. The van der Waals surface area contributed by atoms with Gasteiger partial charge in [0.25, 0.3) is 0 Å². The number of carbonyl (C=O) groups excluding carboxylic acids is 1. The van der Waals surface area contributed by atoms with Crippen LogP contribution < -0.4 is 21.1 Å². The van der Waals surface area contributed by atoms with Gasteiger partial charge < -0.3 is 21.1 Å². The molecule has 3 aromatic rings. The summed E-state index contributed by atoms with van der Waals surface area (Å²) >= 11 is 0. The van der Waals surface area contributed by atoms with Gasteiger partial charge in [-0.3, -0.25) is 10.2 Å². The Morgan fingerprint density at radius 1 is 1.03 bits per heavy atom. The Bertz CT molecular complexity index is 1210. The summed E-state index contributed by atoms with van der Waals surface area (Å²) in [6.07, 6.45) is 4.50. The van der Waals surface area contributed by atoms with Crippen molar-refractivity contribution in [1.29, 1.82) is 10.7 Å². The van der Waals surface area contributed by atoms with Crippen molar-refractivity contribution < 1.29 is 9.53 Å². The molecule has 0 unspecified atom stereocenters. The highest BCUT2D eigenvalue weighted by atomic mass is 16.5. The molecule has 0 aliphatic heterocycles. The predicted octanol–water partition coefficient (Wildman–Crippen LogP) is 4.02. The number of carbonyl (C=O) groups is 1. The van der Waals surface area contributed by atoms with E-state index in [-0.39, 0.29) is 35.9 Å². The molecule has 1 heterocycles. The minimum Gasteiger partial charge on any atom is -0.457 e. The summed E-state index contributed by atoms with van der Waals surface area (Å²) in [5.74, 6) is 1.92. The Morgan fingerprint density at radius 3 is 2.37 bits per heavy atom. The molecular formula is C26H27N7O2. The van der Waals surface area contributed by atoms with E-state index in [1.165, 1.54) is 6.33 Å². The lowest BCUT2D eigenvalue weighted by atomic mass is 9.90. The highest BCUT2D eigenvalue weighted by Crippen LogP contribution is 2.28.